The van der Waals surface area contributed by atoms with Gasteiger partial charge in [0.25, 0.3) is 0 Å². The Kier molecular flexibility index (Phi) is 3.61. The number of benzene rings is 2. The molecule has 7 rings (SSSR count). The highest BCUT2D eigenvalue weighted by atomic mass is 16.5. The third-order valence-corrected chi connectivity index (χ3v) is 7.23. The molecule has 5 nitrogen and oxygen atoms in total. The van der Waals surface area contributed by atoms with Crippen LogP contribution >= 0.6 is 0 Å². The normalized spacial score (nSPS) is 32.8. The van der Waals surface area contributed by atoms with E-state index in [-0.39, 0.29) is 35.5 Å². The van der Waals surface area contributed by atoms with Crippen LogP contribution in [0.3, 0.4) is 0 Å². The predicted octanol–water partition coefficient (Wildman–Crippen LogP) is 3.77. The summed E-state index contributed by atoms with van der Waals surface area (Å²) in [5.74, 6) is 0.679. The van der Waals surface area contributed by atoms with Crippen molar-refractivity contribution in [3.8, 4) is 5.75 Å². The summed E-state index contributed by atoms with van der Waals surface area (Å²) < 4.78 is 5.45. The number of esters is 1. The lowest BCUT2D eigenvalue weighted by atomic mass is 9.63. The molecule has 5 heteroatoms. The highest BCUT2D eigenvalue weighted by Gasteiger charge is 2.67. The molecule has 1 heterocycles. The van der Waals surface area contributed by atoms with E-state index in [1.165, 1.54) is 4.90 Å². The molecule has 0 aromatic heterocycles. The molecule has 1 aliphatic heterocycles. The van der Waals surface area contributed by atoms with Crippen LogP contribution < -0.4 is 9.64 Å². The van der Waals surface area contributed by atoms with Crippen molar-refractivity contribution in [1.29, 1.82) is 0 Å². The number of hydrogen-bond donors (Lipinski definition) is 0. The molecule has 4 aliphatic carbocycles. The van der Waals surface area contributed by atoms with Crippen molar-refractivity contribution in [3.63, 3.8) is 0 Å². The second-order valence-corrected chi connectivity index (χ2v) is 8.92. The van der Waals surface area contributed by atoms with Crippen molar-refractivity contribution in [2.45, 2.75) is 13.3 Å². The van der Waals surface area contributed by atoms with E-state index >= 15 is 0 Å². The second-order valence-electron chi connectivity index (χ2n) is 8.92. The van der Waals surface area contributed by atoms with Crippen LogP contribution in [-0.4, -0.2) is 17.8 Å². The molecule has 0 N–H and O–H groups in total. The summed E-state index contributed by atoms with van der Waals surface area (Å²) in [7, 11) is 0. The minimum Gasteiger partial charge on any atom is -0.423 e. The fourth-order valence-electron chi connectivity index (χ4n) is 5.76. The molecule has 0 unspecified atom stereocenters. The van der Waals surface area contributed by atoms with E-state index in [0.29, 0.717) is 28.8 Å². The van der Waals surface area contributed by atoms with E-state index in [2.05, 4.69) is 12.2 Å². The summed E-state index contributed by atoms with van der Waals surface area (Å²) in [6, 6.07) is 13.8. The molecule has 6 atom stereocenters. The summed E-state index contributed by atoms with van der Waals surface area (Å²) >= 11 is 0. The molecule has 2 bridgehead atoms. The number of anilines is 1. The van der Waals surface area contributed by atoms with E-state index in [0.717, 1.165) is 12.0 Å². The van der Waals surface area contributed by atoms with Crippen molar-refractivity contribution in [2.24, 2.45) is 35.5 Å². The molecule has 3 fully saturated rings. The van der Waals surface area contributed by atoms with Gasteiger partial charge in [-0.3, -0.25) is 9.59 Å². The number of carbonyl (C=O) groups is 3. The lowest BCUT2D eigenvalue weighted by Crippen LogP contribution is -2.40. The second kappa shape index (κ2) is 6.14. The van der Waals surface area contributed by atoms with Crippen LogP contribution in [-0.2, 0) is 9.59 Å². The molecule has 2 aromatic carbocycles. The molecule has 5 aliphatic rings. The van der Waals surface area contributed by atoms with E-state index in [4.69, 9.17) is 4.74 Å². The number of ether oxygens (including phenoxy) is 1. The van der Waals surface area contributed by atoms with Gasteiger partial charge in [-0.25, -0.2) is 9.69 Å². The Balaban J connectivity index is 1.28. The lowest BCUT2D eigenvalue weighted by Gasteiger charge is -2.37. The summed E-state index contributed by atoms with van der Waals surface area (Å²) in [6.45, 7) is 1.96. The number of imide groups is 1. The van der Waals surface area contributed by atoms with Crippen molar-refractivity contribution in [2.75, 3.05) is 4.90 Å². The number of rotatable bonds is 3. The molecule has 1 saturated heterocycles. The number of aryl methyl sites for hydroxylation is 1. The van der Waals surface area contributed by atoms with Gasteiger partial charge in [-0.1, -0.05) is 35.9 Å². The summed E-state index contributed by atoms with van der Waals surface area (Å²) in [4.78, 5) is 40.5. The topological polar surface area (TPSA) is 63.7 Å². The predicted molar refractivity (Wildman–Crippen MR) is 110 cm³/mol. The molecule has 0 radical (unpaired) electrons. The molecule has 0 spiro atoms. The third-order valence-electron chi connectivity index (χ3n) is 7.23. The van der Waals surface area contributed by atoms with Gasteiger partial charge in [-0.15, -0.1) is 0 Å². The Morgan fingerprint density at radius 3 is 2.20 bits per heavy atom. The molecular weight excluding hydrogens is 378 g/mol. The van der Waals surface area contributed by atoms with Gasteiger partial charge < -0.3 is 4.74 Å². The van der Waals surface area contributed by atoms with Gasteiger partial charge in [-0.2, -0.15) is 0 Å². The Hall–Kier alpha value is -3.21. The van der Waals surface area contributed by atoms with Gasteiger partial charge in [-0.05, 0) is 67.3 Å². The van der Waals surface area contributed by atoms with Crippen molar-refractivity contribution >= 4 is 23.5 Å². The quantitative estimate of drug-likeness (QED) is 0.341. The maximum Gasteiger partial charge on any atom is 0.343 e. The standard InChI is InChI=1S/C25H21NO4/c1-13-5-7-16(8-6-13)30-25(29)14-3-2-4-15(11-14)26-23(27)21-17-9-10-18(20-12-19(17)20)22(21)24(26)28/h2-11,17-22H,12H2,1H3/t17-,18+,19-,20-,21+,22+/m1/s1. The first kappa shape index (κ1) is 17.6. The van der Waals surface area contributed by atoms with Gasteiger partial charge in [0.05, 0.1) is 23.1 Å². The number of carbonyl (C=O) groups excluding carboxylic acids is 3. The zero-order chi connectivity index (χ0) is 20.6. The van der Waals surface area contributed by atoms with E-state index < -0.39 is 5.97 Å². The SMILES string of the molecule is Cc1ccc(OC(=O)c2cccc(N3C(=O)[C@H]4[C@@H]5C=C[C@@H]([C@H]6C[C@H]56)[C@@H]4C3=O)c2)cc1. The van der Waals surface area contributed by atoms with Gasteiger partial charge >= 0.3 is 5.97 Å². The average molecular weight is 399 g/mol. The van der Waals surface area contributed by atoms with Crippen LogP contribution in [0.15, 0.2) is 60.7 Å². The van der Waals surface area contributed by atoms with Crippen LogP contribution in [0.4, 0.5) is 5.69 Å². The van der Waals surface area contributed by atoms with Crippen LogP contribution in [0, 0.1) is 42.4 Å². The largest absolute Gasteiger partial charge is 0.423 e. The molecule has 2 saturated carbocycles. The molecule has 2 amide bonds. The summed E-state index contributed by atoms with van der Waals surface area (Å²) in [6.07, 6.45) is 5.45. The summed E-state index contributed by atoms with van der Waals surface area (Å²) in [5.41, 5.74) is 1.84. The van der Waals surface area contributed by atoms with Gasteiger partial charge in [0.15, 0.2) is 0 Å². The molecule has 150 valence electrons. The van der Waals surface area contributed by atoms with E-state index in [9.17, 15) is 14.4 Å². The number of hydrogen-bond acceptors (Lipinski definition) is 4. The monoisotopic (exact) mass is 399 g/mol. The van der Waals surface area contributed by atoms with Crippen molar-refractivity contribution in [1.82, 2.24) is 0 Å². The van der Waals surface area contributed by atoms with Gasteiger partial charge in [0.1, 0.15) is 5.75 Å². The van der Waals surface area contributed by atoms with E-state index in [1.54, 1.807) is 36.4 Å². The Labute approximate surface area is 174 Å². The Morgan fingerprint density at radius 1 is 0.933 bits per heavy atom. The van der Waals surface area contributed by atoms with Crippen LogP contribution in [0.2, 0.25) is 0 Å². The zero-order valence-corrected chi connectivity index (χ0v) is 16.5. The average Bonchev–Trinajstić information content (AvgIpc) is 3.53. The molecular formula is C25H21NO4. The first-order valence-electron chi connectivity index (χ1n) is 10.5. The van der Waals surface area contributed by atoms with Gasteiger partial charge in [0, 0.05) is 0 Å². The minimum absolute atomic E-state index is 0.126. The molecule has 2 aromatic rings. The minimum atomic E-state index is -0.514. The molecule has 30 heavy (non-hydrogen) atoms. The van der Waals surface area contributed by atoms with Gasteiger partial charge in [0.2, 0.25) is 11.8 Å². The van der Waals surface area contributed by atoms with E-state index in [1.807, 2.05) is 19.1 Å². The zero-order valence-electron chi connectivity index (χ0n) is 16.5. The first-order valence-corrected chi connectivity index (χ1v) is 10.5. The van der Waals surface area contributed by atoms with Crippen molar-refractivity contribution < 1.29 is 19.1 Å². The Bertz CT molecular complexity index is 1080. The van der Waals surface area contributed by atoms with Crippen LogP contribution in [0.5, 0.6) is 5.75 Å². The Morgan fingerprint density at radius 2 is 1.57 bits per heavy atom. The van der Waals surface area contributed by atoms with Crippen molar-refractivity contribution in [3.05, 3.63) is 71.8 Å². The summed E-state index contributed by atoms with van der Waals surface area (Å²) in [5, 5.41) is 0. The number of nitrogens with zero attached hydrogens (tertiary/aromatic N) is 1. The number of amides is 2. The number of allylic oxidation sites excluding steroid dienone is 2. The maximum absolute atomic E-state index is 13.3. The fourth-order valence-corrected chi connectivity index (χ4v) is 5.76. The third kappa shape index (κ3) is 2.44. The highest BCUT2D eigenvalue weighted by molar-refractivity contribution is 6.23. The maximum atomic E-state index is 13.3. The smallest absolute Gasteiger partial charge is 0.343 e. The fraction of sp³-hybridized carbons (Fsp3) is 0.320. The van der Waals surface area contributed by atoms with Crippen LogP contribution in [0.1, 0.15) is 22.3 Å². The van der Waals surface area contributed by atoms with Crippen LogP contribution in [0.25, 0.3) is 0 Å². The highest BCUT2D eigenvalue weighted by Crippen LogP contribution is 2.65. The first-order chi connectivity index (χ1) is 14.5. The lowest BCUT2D eigenvalue weighted by molar-refractivity contribution is -0.124.